The van der Waals surface area contributed by atoms with E-state index in [0.717, 1.165) is 49.7 Å². The molecule has 0 radical (unpaired) electrons. The lowest BCUT2D eigenvalue weighted by Gasteiger charge is -2.28. The van der Waals surface area contributed by atoms with Crippen molar-refractivity contribution in [1.82, 2.24) is 0 Å². The van der Waals surface area contributed by atoms with E-state index < -0.39 is 11.6 Å². The Morgan fingerprint density at radius 1 is 1.05 bits per heavy atom. The highest BCUT2D eigenvalue weighted by molar-refractivity contribution is 5.53. The molecule has 2 aliphatic rings. The Labute approximate surface area is 124 Å². The van der Waals surface area contributed by atoms with Crippen LogP contribution >= 0.6 is 0 Å². The Bertz CT molecular complexity index is 542. The Kier molecular flexibility index (Phi) is 4.05. The molecule has 0 bridgehead atoms. The van der Waals surface area contributed by atoms with Gasteiger partial charge in [0.15, 0.2) is 11.5 Å². The predicted octanol–water partition coefficient (Wildman–Crippen LogP) is 4.56. The number of halogens is 2. The first-order valence-corrected chi connectivity index (χ1v) is 7.97. The van der Waals surface area contributed by atoms with Crippen molar-refractivity contribution in [1.29, 1.82) is 0 Å². The first kappa shape index (κ1) is 14.6. The lowest BCUT2D eigenvalue weighted by Crippen LogP contribution is -2.24. The smallest absolute Gasteiger partial charge is 0.204 e. The highest BCUT2D eigenvalue weighted by atomic mass is 19.2. The zero-order valence-corrected chi connectivity index (χ0v) is 12.7. The van der Waals surface area contributed by atoms with Crippen LogP contribution in [-0.2, 0) is 12.8 Å². The summed E-state index contributed by atoms with van der Waals surface area (Å²) in [4.78, 5) is 0. The van der Waals surface area contributed by atoms with Crippen molar-refractivity contribution in [3.8, 4) is 11.5 Å². The molecule has 2 aliphatic heterocycles. The minimum Gasteiger partial charge on any atom is -0.487 e. The van der Waals surface area contributed by atoms with Gasteiger partial charge in [0.2, 0.25) is 11.6 Å². The monoisotopic (exact) mass is 296 g/mol. The maximum absolute atomic E-state index is 14.2. The number of unbranched alkanes of at least 4 members (excludes halogenated alkanes) is 2. The summed E-state index contributed by atoms with van der Waals surface area (Å²) < 4.78 is 39.6. The minimum absolute atomic E-state index is 0.00995. The molecule has 3 rings (SSSR count). The molecule has 0 aromatic heterocycles. The molecule has 116 valence electrons. The number of ether oxygens (including phenoxy) is 2. The van der Waals surface area contributed by atoms with E-state index in [4.69, 9.17) is 9.47 Å². The lowest BCUT2D eigenvalue weighted by atomic mass is 9.92. The summed E-state index contributed by atoms with van der Waals surface area (Å²) in [5, 5.41) is 0. The van der Waals surface area contributed by atoms with Gasteiger partial charge < -0.3 is 9.47 Å². The van der Waals surface area contributed by atoms with E-state index in [1.165, 1.54) is 0 Å². The molecule has 21 heavy (non-hydrogen) atoms. The number of rotatable bonds is 4. The molecule has 0 saturated heterocycles. The topological polar surface area (TPSA) is 18.5 Å². The molecule has 2 atom stereocenters. The molecule has 0 fully saturated rings. The Hall–Kier alpha value is -1.32. The van der Waals surface area contributed by atoms with Gasteiger partial charge in [0.05, 0.1) is 6.10 Å². The molecule has 2 nitrogen and oxygen atoms in total. The normalized spacial score (nSPS) is 23.2. The van der Waals surface area contributed by atoms with Gasteiger partial charge in [0.25, 0.3) is 0 Å². The fourth-order valence-corrected chi connectivity index (χ4v) is 3.35. The highest BCUT2D eigenvalue weighted by Crippen LogP contribution is 2.44. The van der Waals surface area contributed by atoms with Gasteiger partial charge >= 0.3 is 0 Å². The van der Waals surface area contributed by atoms with Crippen LogP contribution in [0.3, 0.4) is 0 Å². The Morgan fingerprint density at radius 2 is 1.76 bits per heavy atom. The van der Waals surface area contributed by atoms with Crippen LogP contribution in [0.4, 0.5) is 8.78 Å². The molecule has 0 N–H and O–H groups in total. The molecule has 4 heteroatoms. The molecule has 0 aliphatic carbocycles. The summed E-state index contributed by atoms with van der Waals surface area (Å²) in [7, 11) is 0. The summed E-state index contributed by atoms with van der Waals surface area (Å²) in [5.74, 6) is -1.52. The quantitative estimate of drug-likeness (QED) is 0.758. The van der Waals surface area contributed by atoms with Crippen LogP contribution in [0.15, 0.2) is 0 Å². The summed E-state index contributed by atoms with van der Waals surface area (Å²) in [6, 6.07) is 0. The third kappa shape index (κ3) is 2.60. The second-order valence-electron chi connectivity index (χ2n) is 6.15. The van der Waals surface area contributed by atoms with E-state index in [2.05, 4.69) is 6.92 Å². The third-order valence-electron chi connectivity index (χ3n) is 4.44. The first-order valence-electron chi connectivity index (χ1n) is 7.97. The van der Waals surface area contributed by atoms with Crippen LogP contribution in [0.25, 0.3) is 0 Å². The van der Waals surface area contributed by atoms with Crippen LogP contribution in [0.5, 0.6) is 11.5 Å². The van der Waals surface area contributed by atoms with Crippen molar-refractivity contribution in [3.05, 3.63) is 22.8 Å². The van der Waals surface area contributed by atoms with Gasteiger partial charge in [-0.2, -0.15) is 8.78 Å². The van der Waals surface area contributed by atoms with Gasteiger partial charge in [-0.25, -0.2) is 0 Å². The average molecular weight is 296 g/mol. The minimum atomic E-state index is -0.887. The standard InChI is InChI=1S/C17H22F2O2/c1-3-4-5-6-11-7-8-12-13-9-10(2)20-17(13)15(19)14(18)16(12)21-11/h10-11H,3-9H2,1-2H3. The van der Waals surface area contributed by atoms with E-state index in [1.54, 1.807) is 0 Å². The maximum Gasteiger partial charge on any atom is 0.204 e. The van der Waals surface area contributed by atoms with Gasteiger partial charge in [-0.3, -0.25) is 0 Å². The van der Waals surface area contributed by atoms with Gasteiger partial charge in [-0.15, -0.1) is 0 Å². The lowest BCUT2D eigenvalue weighted by molar-refractivity contribution is 0.150. The van der Waals surface area contributed by atoms with E-state index >= 15 is 0 Å². The summed E-state index contributed by atoms with van der Waals surface area (Å²) in [6.45, 7) is 4.03. The SMILES string of the molecule is CCCCCC1CCc2c3c(c(F)c(F)c2O1)OC(C)C3. The first-order chi connectivity index (χ1) is 10.1. The van der Waals surface area contributed by atoms with Crippen LogP contribution in [-0.4, -0.2) is 12.2 Å². The van der Waals surface area contributed by atoms with Crippen molar-refractivity contribution in [2.24, 2.45) is 0 Å². The Balaban J connectivity index is 1.86. The molecule has 0 spiro atoms. The molecule has 1 aromatic rings. The fraction of sp³-hybridized carbons (Fsp3) is 0.647. The molecule has 0 saturated carbocycles. The van der Waals surface area contributed by atoms with Crippen LogP contribution in [0, 0.1) is 11.6 Å². The second kappa shape index (κ2) is 5.82. The molecule has 1 aromatic carbocycles. The van der Waals surface area contributed by atoms with Gasteiger partial charge in [0.1, 0.15) is 6.10 Å². The van der Waals surface area contributed by atoms with E-state index in [-0.39, 0.29) is 23.7 Å². The molecule has 2 unspecified atom stereocenters. The number of fused-ring (bicyclic) bond motifs is 3. The van der Waals surface area contributed by atoms with Gasteiger partial charge in [-0.1, -0.05) is 19.8 Å². The van der Waals surface area contributed by atoms with E-state index in [1.807, 2.05) is 6.92 Å². The summed E-state index contributed by atoms with van der Waals surface area (Å²) in [5.41, 5.74) is 1.63. The van der Waals surface area contributed by atoms with Crippen LogP contribution in [0.2, 0.25) is 0 Å². The molecule has 2 heterocycles. The Morgan fingerprint density at radius 3 is 2.48 bits per heavy atom. The average Bonchev–Trinajstić information content (AvgIpc) is 2.87. The zero-order chi connectivity index (χ0) is 15.0. The van der Waals surface area contributed by atoms with Gasteiger partial charge in [-0.05, 0) is 32.6 Å². The van der Waals surface area contributed by atoms with Crippen LogP contribution < -0.4 is 9.47 Å². The number of hydrogen-bond acceptors (Lipinski definition) is 2. The van der Waals surface area contributed by atoms with Gasteiger partial charge in [0, 0.05) is 17.5 Å². The van der Waals surface area contributed by atoms with E-state index in [9.17, 15) is 8.78 Å². The summed E-state index contributed by atoms with van der Waals surface area (Å²) >= 11 is 0. The van der Waals surface area contributed by atoms with Crippen molar-refractivity contribution in [3.63, 3.8) is 0 Å². The highest BCUT2D eigenvalue weighted by Gasteiger charge is 2.35. The van der Waals surface area contributed by atoms with E-state index in [0.29, 0.717) is 6.42 Å². The molecular weight excluding hydrogens is 274 g/mol. The zero-order valence-electron chi connectivity index (χ0n) is 12.7. The number of benzene rings is 1. The fourth-order valence-electron chi connectivity index (χ4n) is 3.35. The molecular formula is C17H22F2O2. The number of hydrogen-bond donors (Lipinski definition) is 0. The largest absolute Gasteiger partial charge is 0.487 e. The molecule has 0 amide bonds. The third-order valence-corrected chi connectivity index (χ3v) is 4.44. The van der Waals surface area contributed by atoms with Crippen molar-refractivity contribution in [2.75, 3.05) is 0 Å². The van der Waals surface area contributed by atoms with Crippen LogP contribution in [0.1, 0.15) is 57.1 Å². The maximum atomic E-state index is 14.2. The summed E-state index contributed by atoms with van der Waals surface area (Å²) in [6.07, 6.45) is 6.47. The van der Waals surface area contributed by atoms with Crippen molar-refractivity contribution >= 4 is 0 Å². The van der Waals surface area contributed by atoms with Crippen molar-refractivity contribution in [2.45, 2.75) is 71.0 Å². The second-order valence-corrected chi connectivity index (χ2v) is 6.15. The predicted molar refractivity (Wildman–Crippen MR) is 77.0 cm³/mol. The van der Waals surface area contributed by atoms with Crippen molar-refractivity contribution < 1.29 is 18.3 Å².